The Labute approximate surface area is 501 Å². The molecule has 0 aromatic heterocycles. The van der Waals surface area contributed by atoms with Gasteiger partial charge in [0.2, 0.25) is 0 Å². The number of rotatable bonds is 22. The number of esters is 4. The lowest BCUT2D eigenvalue weighted by Gasteiger charge is -2.61. The molecule has 16 nitrogen and oxygen atoms in total. The molecule has 0 spiro atoms. The number of carbonyl (C=O) groups is 6. The molecule has 16 heteroatoms. The van der Waals surface area contributed by atoms with Crippen LogP contribution in [0.5, 0.6) is 23.0 Å². The second-order valence-electron chi connectivity index (χ2n) is 24.9. The predicted octanol–water partition coefficient (Wildman–Crippen LogP) is 14.3. The van der Waals surface area contributed by atoms with Gasteiger partial charge in [-0.15, -0.1) is 0 Å². The minimum Gasteiger partial charge on any atom is -0.496 e. The number of benzene rings is 4. The number of amides is 2. The van der Waals surface area contributed by atoms with Gasteiger partial charge in [0.25, 0.3) is 11.8 Å². The molecule has 0 saturated heterocycles. The van der Waals surface area contributed by atoms with Crippen LogP contribution >= 0.6 is 0 Å². The summed E-state index contributed by atoms with van der Waals surface area (Å²) in [7, 11) is 10.4. The van der Waals surface area contributed by atoms with Crippen LogP contribution in [-0.2, 0) is 18.9 Å². The third-order valence-corrected chi connectivity index (χ3v) is 20.1. The summed E-state index contributed by atoms with van der Waals surface area (Å²) in [5.41, 5.74) is 2.36. The first-order valence-corrected chi connectivity index (χ1v) is 30.2. The van der Waals surface area contributed by atoms with Crippen molar-refractivity contribution in [2.75, 3.05) is 67.5 Å². The SMILES string of the molecule is COC(=O)c1cc(C(=O)Nc2cc(C(=CCC[C@H]3CC[C@@]4(C)[C@@H](CC[C@@H]5[C@@H]4CC[C@]4(C)[C@@H]([C@H](C)CCCC(C)C)CC[C@@H]54)C3)c3cc(NC(=O)c4ccc(OC)c(C(=O)OC)c4)c(OC)c(C(=O)OC)c3)cc(C(=O)OC)c2OC)ccc1OC. The maximum Gasteiger partial charge on any atom is 0.341 e. The van der Waals surface area contributed by atoms with Crippen molar-refractivity contribution in [3.63, 3.8) is 0 Å². The number of fused-ring (bicyclic) bond motifs is 5. The van der Waals surface area contributed by atoms with Gasteiger partial charge in [-0.05, 0) is 206 Å². The largest absolute Gasteiger partial charge is 0.496 e. The summed E-state index contributed by atoms with van der Waals surface area (Å²) in [6, 6.07) is 15.1. The van der Waals surface area contributed by atoms with Gasteiger partial charge in [-0.25, -0.2) is 19.2 Å². The first-order valence-electron chi connectivity index (χ1n) is 30.2. The van der Waals surface area contributed by atoms with E-state index in [4.69, 9.17) is 37.9 Å². The maximum atomic E-state index is 14.3. The van der Waals surface area contributed by atoms with Crippen LogP contribution in [0.4, 0.5) is 11.4 Å². The molecule has 4 aliphatic carbocycles. The summed E-state index contributed by atoms with van der Waals surface area (Å²) in [5, 5.41) is 5.81. The minimum atomic E-state index is -0.767. The summed E-state index contributed by atoms with van der Waals surface area (Å²) in [5.74, 6) is 1.87. The lowest BCUT2D eigenvalue weighted by atomic mass is 9.44. The summed E-state index contributed by atoms with van der Waals surface area (Å²) >= 11 is 0. The van der Waals surface area contributed by atoms with Gasteiger partial charge in [0.05, 0.1) is 68.3 Å². The Morgan fingerprint density at radius 2 is 1.02 bits per heavy atom. The Morgan fingerprint density at radius 1 is 0.541 bits per heavy atom. The van der Waals surface area contributed by atoms with E-state index < -0.39 is 35.7 Å². The van der Waals surface area contributed by atoms with Gasteiger partial charge in [-0.3, -0.25) is 9.59 Å². The molecule has 4 fully saturated rings. The van der Waals surface area contributed by atoms with Gasteiger partial charge in [-0.1, -0.05) is 60.0 Å². The Balaban J connectivity index is 1.16. The van der Waals surface area contributed by atoms with Crippen LogP contribution in [0, 0.1) is 58.2 Å². The standard InChI is InChI=1S/C69H88N2O14/c1-39(2)16-14-17-40(3)53-24-25-54-48-23-22-46-32-41(28-30-68(46,4)55(48)29-31-69(53,54)5)18-15-19-47(44-35-51(66(76)84-12)60(80-8)56(37-44)70-62(72)42-20-26-58(78-6)49(33-42)64(74)82-10)45-36-52(67(77)85-13)61(81-9)57(38-45)71-63(73)43-21-27-59(79-7)50(34-43)65(75)83-11/h19-21,26-27,33-41,46,48,53-55H,14-18,22-25,28-32H2,1-13H3,(H,70,72)(H,71,73)/t40-,41+,46+,48+,53-,54+,55+,68+,69-/m1/s1. The van der Waals surface area contributed by atoms with Crippen LogP contribution < -0.4 is 29.6 Å². The van der Waals surface area contributed by atoms with Crippen LogP contribution in [0.1, 0.15) is 198 Å². The van der Waals surface area contributed by atoms with Crippen molar-refractivity contribution in [2.45, 2.75) is 125 Å². The highest BCUT2D eigenvalue weighted by Gasteiger charge is 2.60. The number of carbonyl (C=O) groups excluding carboxylic acids is 6. The van der Waals surface area contributed by atoms with E-state index in [0.717, 1.165) is 54.8 Å². The van der Waals surface area contributed by atoms with E-state index in [-0.39, 0.29) is 67.8 Å². The van der Waals surface area contributed by atoms with Gasteiger partial charge in [0.1, 0.15) is 33.8 Å². The van der Waals surface area contributed by atoms with Gasteiger partial charge >= 0.3 is 23.9 Å². The third-order valence-electron chi connectivity index (χ3n) is 20.1. The van der Waals surface area contributed by atoms with Crippen molar-refractivity contribution in [1.82, 2.24) is 0 Å². The van der Waals surface area contributed by atoms with Crippen molar-refractivity contribution >= 4 is 52.6 Å². The van der Waals surface area contributed by atoms with Crippen molar-refractivity contribution in [3.8, 4) is 23.0 Å². The number of hydrogen-bond acceptors (Lipinski definition) is 14. The van der Waals surface area contributed by atoms with Gasteiger partial charge in [0, 0.05) is 11.1 Å². The number of ether oxygens (including phenoxy) is 8. The molecule has 2 amide bonds. The molecular formula is C69H88N2O14. The first kappa shape index (κ1) is 63.7. The van der Waals surface area contributed by atoms with E-state index in [1.165, 1.54) is 157 Å². The van der Waals surface area contributed by atoms with Crippen LogP contribution in [0.2, 0.25) is 0 Å². The molecule has 0 heterocycles. The molecule has 0 aliphatic heterocycles. The molecular weight excluding hydrogens is 1080 g/mol. The number of allylic oxidation sites excluding steroid dienone is 1. The number of anilines is 2. The fraction of sp³-hybridized carbons (Fsp3) is 0.536. The van der Waals surface area contributed by atoms with Crippen molar-refractivity contribution in [1.29, 1.82) is 0 Å². The van der Waals surface area contributed by atoms with Crippen molar-refractivity contribution in [3.05, 3.63) is 111 Å². The lowest BCUT2D eigenvalue weighted by molar-refractivity contribution is -0.121. The Kier molecular flexibility index (Phi) is 20.5. The molecule has 0 bridgehead atoms. The fourth-order valence-electron chi connectivity index (χ4n) is 15.8. The summed E-state index contributed by atoms with van der Waals surface area (Å²) < 4.78 is 43.0. The lowest BCUT2D eigenvalue weighted by Crippen LogP contribution is -2.53. The van der Waals surface area contributed by atoms with E-state index in [9.17, 15) is 28.8 Å². The zero-order valence-corrected chi connectivity index (χ0v) is 52.1. The van der Waals surface area contributed by atoms with Gasteiger partial charge in [-0.2, -0.15) is 0 Å². The van der Waals surface area contributed by atoms with Crippen LogP contribution in [0.3, 0.4) is 0 Å². The molecule has 9 atom stereocenters. The molecule has 2 N–H and O–H groups in total. The molecule has 458 valence electrons. The summed E-state index contributed by atoms with van der Waals surface area (Å²) in [6.07, 6.45) is 18.9. The zero-order chi connectivity index (χ0) is 61.5. The van der Waals surface area contributed by atoms with Crippen molar-refractivity contribution < 1.29 is 66.7 Å². The van der Waals surface area contributed by atoms with E-state index in [1.54, 1.807) is 24.3 Å². The van der Waals surface area contributed by atoms with Crippen LogP contribution in [0.15, 0.2) is 66.7 Å². The Hall–Kier alpha value is -7.36. The number of nitrogens with one attached hydrogen (secondary N) is 2. The zero-order valence-electron chi connectivity index (χ0n) is 52.1. The topological polar surface area (TPSA) is 200 Å². The maximum absolute atomic E-state index is 14.3. The fourth-order valence-corrected chi connectivity index (χ4v) is 15.8. The Bertz CT molecular complexity index is 3030. The smallest absolute Gasteiger partial charge is 0.341 e. The van der Waals surface area contributed by atoms with E-state index in [1.807, 2.05) is 0 Å². The minimum absolute atomic E-state index is 0.00396. The number of methoxy groups -OCH3 is 8. The van der Waals surface area contributed by atoms with E-state index in [0.29, 0.717) is 45.8 Å². The average Bonchev–Trinajstić information content (AvgIpc) is 1.81. The Morgan fingerprint density at radius 3 is 1.51 bits per heavy atom. The highest BCUT2D eigenvalue weighted by atomic mass is 16.5. The second kappa shape index (κ2) is 27.3. The van der Waals surface area contributed by atoms with E-state index >= 15 is 0 Å². The molecule has 85 heavy (non-hydrogen) atoms. The predicted molar refractivity (Wildman–Crippen MR) is 326 cm³/mol. The molecule has 0 radical (unpaired) electrons. The molecule has 4 saturated carbocycles. The monoisotopic (exact) mass is 1170 g/mol. The average molecular weight is 1170 g/mol. The highest BCUT2D eigenvalue weighted by molar-refractivity contribution is 6.10. The molecule has 8 rings (SSSR count). The molecule has 4 aromatic carbocycles. The highest BCUT2D eigenvalue weighted by Crippen LogP contribution is 2.69. The quantitative estimate of drug-likeness (QED) is 0.0556. The normalized spacial score (nSPS) is 23.4. The van der Waals surface area contributed by atoms with Crippen LogP contribution in [-0.4, -0.2) is 92.6 Å². The molecule has 4 aliphatic rings. The number of hydrogen-bond donors (Lipinski definition) is 2. The van der Waals surface area contributed by atoms with Gasteiger partial charge < -0.3 is 48.5 Å². The molecule has 0 unspecified atom stereocenters. The summed E-state index contributed by atoms with van der Waals surface area (Å²) in [6.45, 7) is 12.5. The van der Waals surface area contributed by atoms with Crippen molar-refractivity contribution in [2.24, 2.45) is 58.2 Å². The van der Waals surface area contributed by atoms with E-state index in [2.05, 4.69) is 51.3 Å². The second-order valence-corrected chi connectivity index (χ2v) is 24.9. The first-order chi connectivity index (χ1) is 40.7. The summed E-state index contributed by atoms with van der Waals surface area (Å²) in [4.78, 5) is 82.0. The molecule has 4 aromatic rings. The van der Waals surface area contributed by atoms with Crippen LogP contribution in [0.25, 0.3) is 5.57 Å². The third kappa shape index (κ3) is 13.1. The van der Waals surface area contributed by atoms with Gasteiger partial charge in [0.15, 0.2) is 11.5 Å².